The lowest BCUT2D eigenvalue weighted by Gasteiger charge is -2.17. The Morgan fingerprint density at radius 1 is 1.16 bits per heavy atom. The summed E-state index contributed by atoms with van der Waals surface area (Å²) < 4.78 is 0. The van der Waals surface area contributed by atoms with Crippen molar-refractivity contribution < 1.29 is 0 Å². The molecule has 0 atom stereocenters. The van der Waals surface area contributed by atoms with E-state index in [1.165, 1.54) is 5.56 Å². The Hall–Kier alpha value is -2.73. The molecule has 0 aliphatic rings. The van der Waals surface area contributed by atoms with E-state index in [0.717, 1.165) is 24.2 Å². The van der Waals surface area contributed by atoms with Gasteiger partial charge < -0.3 is 10.2 Å². The van der Waals surface area contributed by atoms with Gasteiger partial charge in [0.1, 0.15) is 0 Å². The van der Waals surface area contributed by atoms with Gasteiger partial charge in [-0.25, -0.2) is 0 Å². The van der Waals surface area contributed by atoms with Crippen molar-refractivity contribution >= 4 is 29.1 Å². The fourth-order valence-corrected chi connectivity index (χ4v) is 2.59. The minimum Gasteiger partial charge on any atom is -0.342 e. The van der Waals surface area contributed by atoms with Crippen LogP contribution in [0.2, 0.25) is 5.02 Å². The van der Waals surface area contributed by atoms with Gasteiger partial charge in [-0.2, -0.15) is 10.1 Å². The van der Waals surface area contributed by atoms with E-state index in [1.807, 2.05) is 49.2 Å². The van der Waals surface area contributed by atoms with Crippen LogP contribution in [0.5, 0.6) is 0 Å². The summed E-state index contributed by atoms with van der Waals surface area (Å²) >= 11 is 6.00. The van der Waals surface area contributed by atoms with E-state index in [0.29, 0.717) is 16.8 Å². The van der Waals surface area contributed by atoms with Crippen molar-refractivity contribution in [3.05, 3.63) is 65.1 Å². The predicted octanol–water partition coefficient (Wildman–Crippen LogP) is 3.65. The molecule has 0 unspecified atom stereocenters. The second-order valence-corrected chi connectivity index (χ2v) is 6.19. The molecule has 0 aliphatic heterocycles. The molecule has 2 heterocycles. The molecule has 1 N–H and O–H groups in total. The van der Waals surface area contributed by atoms with Gasteiger partial charge in [0.05, 0.1) is 6.20 Å². The van der Waals surface area contributed by atoms with Gasteiger partial charge in [0.15, 0.2) is 5.82 Å². The predicted molar refractivity (Wildman–Crippen MR) is 101 cm³/mol. The molecule has 2 aromatic heterocycles. The maximum absolute atomic E-state index is 6.00. The smallest absolute Gasteiger partial charge is 0.247 e. The third-order valence-corrected chi connectivity index (χ3v) is 4.06. The van der Waals surface area contributed by atoms with E-state index < -0.39 is 0 Å². The number of benzene rings is 1. The highest BCUT2D eigenvalue weighted by Crippen LogP contribution is 2.22. The summed E-state index contributed by atoms with van der Waals surface area (Å²) in [6.07, 6.45) is 6.09. The zero-order valence-electron chi connectivity index (χ0n) is 14.1. The molecule has 0 bridgehead atoms. The Balaban J connectivity index is 1.68. The zero-order chi connectivity index (χ0) is 17.6. The first kappa shape index (κ1) is 17.1. The number of hydrogen-bond donors (Lipinski definition) is 1. The van der Waals surface area contributed by atoms with Crippen molar-refractivity contribution in [2.45, 2.75) is 13.3 Å². The third kappa shape index (κ3) is 4.64. The van der Waals surface area contributed by atoms with E-state index in [1.54, 1.807) is 18.6 Å². The molecule has 0 aliphatic carbocycles. The summed E-state index contributed by atoms with van der Waals surface area (Å²) in [6, 6.07) is 9.68. The van der Waals surface area contributed by atoms with E-state index in [-0.39, 0.29) is 0 Å². The number of anilines is 3. The highest BCUT2D eigenvalue weighted by molar-refractivity contribution is 6.30. The highest BCUT2D eigenvalue weighted by atomic mass is 35.5. The lowest BCUT2D eigenvalue weighted by molar-refractivity contribution is 0.812. The van der Waals surface area contributed by atoms with Crippen LogP contribution in [0.25, 0.3) is 0 Å². The van der Waals surface area contributed by atoms with Gasteiger partial charge in [-0.3, -0.25) is 4.98 Å². The van der Waals surface area contributed by atoms with Crippen LogP contribution in [0, 0.1) is 6.92 Å². The molecule has 0 saturated heterocycles. The molecule has 1 aromatic carbocycles. The molecule has 0 saturated carbocycles. The SMILES string of the molecule is Cc1cc(Cl)ccc1Nc1cnnc(N(C)CCc2ccncc2)n1. The van der Waals surface area contributed by atoms with E-state index in [2.05, 4.69) is 25.5 Å². The highest BCUT2D eigenvalue weighted by Gasteiger charge is 2.08. The lowest BCUT2D eigenvalue weighted by Crippen LogP contribution is -2.23. The van der Waals surface area contributed by atoms with Crippen LogP contribution in [0.15, 0.2) is 48.9 Å². The molecular weight excluding hydrogens is 336 g/mol. The second kappa shape index (κ2) is 7.90. The zero-order valence-corrected chi connectivity index (χ0v) is 14.9. The number of nitrogens with zero attached hydrogens (tertiary/aromatic N) is 5. The van der Waals surface area contributed by atoms with Crippen molar-refractivity contribution in [2.75, 3.05) is 23.8 Å². The summed E-state index contributed by atoms with van der Waals surface area (Å²) in [5.74, 6) is 1.22. The van der Waals surface area contributed by atoms with Gasteiger partial charge in [0.2, 0.25) is 5.95 Å². The molecule has 3 rings (SSSR count). The van der Waals surface area contributed by atoms with Crippen LogP contribution in [-0.2, 0) is 6.42 Å². The first-order valence-corrected chi connectivity index (χ1v) is 8.32. The van der Waals surface area contributed by atoms with Crippen molar-refractivity contribution in [1.82, 2.24) is 20.2 Å². The largest absolute Gasteiger partial charge is 0.342 e. The molecule has 0 amide bonds. The van der Waals surface area contributed by atoms with Crippen molar-refractivity contribution in [1.29, 1.82) is 0 Å². The van der Waals surface area contributed by atoms with Gasteiger partial charge >= 0.3 is 0 Å². The number of rotatable bonds is 6. The van der Waals surface area contributed by atoms with E-state index in [9.17, 15) is 0 Å². The maximum atomic E-state index is 6.00. The second-order valence-electron chi connectivity index (χ2n) is 5.75. The van der Waals surface area contributed by atoms with Crippen LogP contribution in [0.3, 0.4) is 0 Å². The number of halogens is 1. The minimum atomic E-state index is 0.575. The molecule has 3 aromatic rings. The van der Waals surface area contributed by atoms with Crippen LogP contribution in [-0.4, -0.2) is 33.8 Å². The Bertz CT molecular complexity index is 840. The average Bonchev–Trinajstić information content (AvgIpc) is 2.63. The molecule has 128 valence electrons. The van der Waals surface area contributed by atoms with Crippen molar-refractivity contribution in [3.8, 4) is 0 Å². The molecule has 6 nitrogen and oxygen atoms in total. The number of pyridine rings is 1. The fourth-order valence-electron chi connectivity index (χ4n) is 2.37. The summed E-state index contributed by atoms with van der Waals surface area (Å²) in [5, 5.41) is 12.1. The van der Waals surface area contributed by atoms with Crippen molar-refractivity contribution in [2.24, 2.45) is 0 Å². The molecule has 0 spiro atoms. The number of hydrogen-bond acceptors (Lipinski definition) is 6. The monoisotopic (exact) mass is 354 g/mol. The fraction of sp³-hybridized carbons (Fsp3) is 0.222. The van der Waals surface area contributed by atoms with E-state index in [4.69, 9.17) is 11.6 Å². The third-order valence-electron chi connectivity index (χ3n) is 3.83. The standard InChI is InChI=1S/C18H19ClN6/c1-13-11-15(19)3-4-16(13)22-17-12-21-24-18(23-17)25(2)10-7-14-5-8-20-9-6-14/h3-6,8-9,11-12H,7,10H2,1-2H3,(H,22,23,24). The first-order chi connectivity index (χ1) is 12.1. The summed E-state index contributed by atoms with van der Waals surface area (Å²) in [6.45, 7) is 2.78. The Morgan fingerprint density at radius 3 is 2.72 bits per heavy atom. The lowest BCUT2D eigenvalue weighted by atomic mass is 10.2. The molecule has 7 heteroatoms. The Labute approximate surface area is 151 Å². The van der Waals surface area contributed by atoms with Crippen LogP contribution in [0.4, 0.5) is 17.5 Å². The molecule has 0 radical (unpaired) electrons. The topological polar surface area (TPSA) is 66.8 Å². The first-order valence-electron chi connectivity index (χ1n) is 7.95. The van der Waals surface area contributed by atoms with Gasteiger partial charge in [0, 0.05) is 36.7 Å². The maximum Gasteiger partial charge on any atom is 0.247 e. The van der Waals surface area contributed by atoms with E-state index >= 15 is 0 Å². The van der Waals surface area contributed by atoms with Gasteiger partial charge in [-0.15, -0.1) is 5.10 Å². The molecule has 0 fully saturated rings. The summed E-state index contributed by atoms with van der Waals surface area (Å²) in [5.41, 5.74) is 3.20. The molecular formula is C18H19ClN6. The number of nitrogens with one attached hydrogen (secondary N) is 1. The van der Waals surface area contributed by atoms with Crippen LogP contribution < -0.4 is 10.2 Å². The van der Waals surface area contributed by atoms with Crippen LogP contribution >= 0.6 is 11.6 Å². The number of aryl methyl sites for hydroxylation is 1. The Kier molecular flexibility index (Phi) is 5.40. The van der Waals surface area contributed by atoms with Gasteiger partial charge in [-0.1, -0.05) is 11.6 Å². The summed E-state index contributed by atoms with van der Waals surface area (Å²) in [7, 11) is 1.95. The minimum absolute atomic E-state index is 0.575. The quantitative estimate of drug-likeness (QED) is 0.728. The average molecular weight is 355 g/mol. The van der Waals surface area contributed by atoms with Gasteiger partial charge in [-0.05, 0) is 54.8 Å². The van der Waals surface area contributed by atoms with Crippen molar-refractivity contribution in [3.63, 3.8) is 0 Å². The number of aromatic nitrogens is 4. The number of likely N-dealkylation sites (N-methyl/N-ethyl adjacent to an activating group) is 1. The van der Waals surface area contributed by atoms with Crippen LogP contribution in [0.1, 0.15) is 11.1 Å². The van der Waals surface area contributed by atoms with Gasteiger partial charge in [0.25, 0.3) is 0 Å². The molecule has 25 heavy (non-hydrogen) atoms. The normalized spacial score (nSPS) is 10.5. The summed E-state index contributed by atoms with van der Waals surface area (Å²) in [4.78, 5) is 10.5. The Morgan fingerprint density at radius 2 is 1.96 bits per heavy atom.